The van der Waals surface area contributed by atoms with Crippen LogP contribution in [0.2, 0.25) is 10.0 Å². The van der Waals surface area contributed by atoms with Crippen molar-refractivity contribution >= 4 is 35.1 Å². The van der Waals surface area contributed by atoms with Crippen LogP contribution >= 0.6 is 23.2 Å². The van der Waals surface area contributed by atoms with Gasteiger partial charge < -0.3 is 24.5 Å². The Bertz CT molecular complexity index is 1550. The highest BCUT2D eigenvalue weighted by molar-refractivity contribution is 6.30. The molecule has 2 heterocycles. The van der Waals surface area contributed by atoms with E-state index in [1.807, 2.05) is 0 Å². The second-order valence-electron chi connectivity index (χ2n) is 11.2. The SMILES string of the molecule is CC[C@@](O)(c1cc(F)c2c(c1)C(=O)N([C@@H](CCC(=O)[O-])c1ccc(Cl)cc1)[C@@]2(OC)c1ccc(Cl)cc1)C1(F)CCOCC1. The quantitative estimate of drug-likeness (QED) is 0.298. The zero-order chi connectivity index (χ0) is 31.9. The topological polar surface area (TPSA) is 99.1 Å². The molecule has 0 saturated carbocycles. The molecule has 234 valence electrons. The third kappa shape index (κ3) is 5.28. The summed E-state index contributed by atoms with van der Waals surface area (Å²) in [5, 5.41) is 24.3. The van der Waals surface area contributed by atoms with E-state index < -0.39 is 47.2 Å². The van der Waals surface area contributed by atoms with Crippen molar-refractivity contribution in [3.8, 4) is 0 Å². The zero-order valence-corrected chi connectivity index (χ0v) is 25.8. The molecule has 0 spiro atoms. The predicted octanol–water partition coefficient (Wildman–Crippen LogP) is 5.82. The summed E-state index contributed by atoms with van der Waals surface area (Å²) in [6, 6.07) is 14.2. The zero-order valence-electron chi connectivity index (χ0n) is 24.2. The first-order chi connectivity index (χ1) is 20.9. The molecule has 1 fully saturated rings. The molecule has 0 bridgehead atoms. The average molecular weight is 648 g/mol. The van der Waals surface area contributed by atoms with E-state index in [0.717, 1.165) is 6.07 Å². The van der Waals surface area contributed by atoms with Crippen molar-refractivity contribution in [1.29, 1.82) is 0 Å². The molecule has 1 saturated heterocycles. The maximum Gasteiger partial charge on any atom is 0.257 e. The lowest BCUT2D eigenvalue weighted by molar-refractivity contribution is -0.306. The number of ether oxygens (including phenoxy) is 2. The Morgan fingerprint density at radius 2 is 1.70 bits per heavy atom. The summed E-state index contributed by atoms with van der Waals surface area (Å²) in [5.74, 6) is -2.94. The number of benzene rings is 3. The molecule has 0 unspecified atom stereocenters. The molecule has 44 heavy (non-hydrogen) atoms. The Balaban J connectivity index is 1.77. The lowest BCUT2D eigenvalue weighted by Crippen LogP contribution is -2.51. The minimum Gasteiger partial charge on any atom is -0.550 e. The monoisotopic (exact) mass is 646 g/mol. The van der Waals surface area contributed by atoms with E-state index in [1.165, 1.54) is 18.1 Å². The third-order valence-corrected chi connectivity index (χ3v) is 9.46. The van der Waals surface area contributed by atoms with Crippen LogP contribution in [0.4, 0.5) is 8.78 Å². The highest BCUT2D eigenvalue weighted by Crippen LogP contribution is 2.53. The number of halogens is 4. The summed E-state index contributed by atoms with van der Waals surface area (Å²) in [6.07, 6.45) is -0.840. The van der Waals surface area contributed by atoms with Gasteiger partial charge in [-0.2, -0.15) is 0 Å². The summed E-state index contributed by atoms with van der Waals surface area (Å²) < 4.78 is 44.5. The molecular weight excluding hydrogens is 615 g/mol. The minimum atomic E-state index is -2.13. The van der Waals surface area contributed by atoms with Gasteiger partial charge >= 0.3 is 0 Å². The maximum absolute atomic E-state index is 16.7. The first kappa shape index (κ1) is 32.3. The number of fused-ring (bicyclic) bond motifs is 1. The van der Waals surface area contributed by atoms with Gasteiger partial charge in [-0.1, -0.05) is 54.4 Å². The van der Waals surface area contributed by atoms with E-state index in [2.05, 4.69) is 0 Å². The first-order valence-corrected chi connectivity index (χ1v) is 15.1. The van der Waals surface area contributed by atoms with Gasteiger partial charge in [-0.15, -0.1) is 0 Å². The van der Waals surface area contributed by atoms with E-state index in [4.69, 9.17) is 32.7 Å². The van der Waals surface area contributed by atoms with Crippen molar-refractivity contribution < 1.29 is 38.1 Å². The van der Waals surface area contributed by atoms with Crippen molar-refractivity contribution in [3.63, 3.8) is 0 Å². The highest BCUT2D eigenvalue weighted by atomic mass is 35.5. The standard InChI is InChI=1S/C33H33Cl2F2NO6/c1-3-32(42,31(37)14-16-44-17-15-31)22-18-25-29(26(36)19-22)33(43-2,21-6-10-24(35)11-7-21)38(30(25)41)27(12-13-28(39)40)20-4-8-23(34)9-5-20/h4-11,18-19,27,42H,3,12-17H2,1-2H3,(H,39,40)/p-1/t27-,32+,33+/m0/s1. The molecule has 3 aromatic carbocycles. The number of carboxylic acids is 1. The van der Waals surface area contributed by atoms with E-state index >= 15 is 8.78 Å². The molecule has 2 aliphatic rings. The number of aliphatic hydroxyl groups is 1. The Labute approximate surface area is 264 Å². The van der Waals surface area contributed by atoms with Gasteiger partial charge in [0.1, 0.15) is 17.1 Å². The van der Waals surface area contributed by atoms with Gasteiger partial charge in [0.25, 0.3) is 5.91 Å². The van der Waals surface area contributed by atoms with Crippen molar-refractivity contribution in [3.05, 3.63) is 104 Å². The lowest BCUT2D eigenvalue weighted by Gasteiger charge is -2.44. The number of amides is 1. The predicted molar refractivity (Wildman–Crippen MR) is 158 cm³/mol. The van der Waals surface area contributed by atoms with Gasteiger partial charge in [0, 0.05) is 54.7 Å². The molecule has 3 atom stereocenters. The van der Waals surface area contributed by atoms with Gasteiger partial charge in [-0.3, -0.25) is 9.69 Å². The van der Waals surface area contributed by atoms with Crippen LogP contribution in [0.3, 0.4) is 0 Å². The molecule has 3 aromatic rings. The number of carbonyl (C=O) groups is 2. The fourth-order valence-electron chi connectivity index (χ4n) is 6.66. The van der Waals surface area contributed by atoms with Crippen LogP contribution in [-0.4, -0.2) is 47.9 Å². The lowest BCUT2D eigenvalue weighted by atomic mass is 9.72. The number of carbonyl (C=O) groups excluding carboxylic acids is 2. The van der Waals surface area contributed by atoms with Gasteiger partial charge in [0.05, 0.1) is 17.2 Å². The van der Waals surface area contributed by atoms with Gasteiger partial charge in [0.2, 0.25) is 0 Å². The van der Waals surface area contributed by atoms with Crippen molar-refractivity contribution in [2.24, 2.45) is 0 Å². The Hall–Kier alpha value is -3.08. The van der Waals surface area contributed by atoms with Crippen molar-refractivity contribution in [2.45, 2.75) is 62.1 Å². The maximum atomic E-state index is 16.7. The van der Waals surface area contributed by atoms with Gasteiger partial charge in [-0.25, -0.2) is 8.78 Å². The van der Waals surface area contributed by atoms with Crippen LogP contribution in [0.5, 0.6) is 0 Å². The number of aliphatic carboxylic acids is 1. The molecule has 2 aliphatic heterocycles. The number of carboxylic acid groups (broad SMARTS) is 1. The van der Waals surface area contributed by atoms with Crippen LogP contribution < -0.4 is 5.11 Å². The molecular formula is C33H32Cl2F2NO6-. The number of methoxy groups -OCH3 is 1. The number of alkyl halides is 1. The summed E-state index contributed by atoms with van der Waals surface area (Å²) >= 11 is 12.3. The number of rotatable bonds is 10. The van der Waals surface area contributed by atoms with Crippen LogP contribution in [0.25, 0.3) is 0 Å². The summed E-state index contributed by atoms with van der Waals surface area (Å²) in [6.45, 7) is 1.77. The van der Waals surface area contributed by atoms with Crippen LogP contribution in [0.1, 0.15) is 77.7 Å². The summed E-state index contributed by atoms with van der Waals surface area (Å²) in [5.41, 5.74) is -5.68. The van der Waals surface area contributed by atoms with E-state index in [0.29, 0.717) is 21.2 Å². The third-order valence-electron chi connectivity index (χ3n) is 8.95. The van der Waals surface area contributed by atoms with Crippen LogP contribution in [0, 0.1) is 5.82 Å². The smallest absolute Gasteiger partial charge is 0.257 e. The second kappa shape index (κ2) is 12.4. The summed E-state index contributed by atoms with van der Waals surface area (Å²) in [4.78, 5) is 27.5. The molecule has 0 aromatic heterocycles. The fourth-order valence-corrected chi connectivity index (χ4v) is 6.91. The Morgan fingerprint density at radius 3 is 2.25 bits per heavy atom. The van der Waals surface area contributed by atoms with Crippen LogP contribution in [0.15, 0.2) is 60.7 Å². The van der Waals surface area contributed by atoms with E-state index in [-0.39, 0.29) is 55.6 Å². The Morgan fingerprint density at radius 1 is 1.11 bits per heavy atom. The fraction of sp³-hybridized carbons (Fsp3) is 0.394. The molecule has 0 aliphatic carbocycles. The van der Waals surface area contributed by atoms with E-state index in [9.17, 15) is 19.8 Å². The van der Waals surface area contributed by atoms with Crippen molar-refractivity contribution in [2.75, 3.05) is 20.3 Å². The number of nitrogens with zero attached hydrogens (tertiary/aromatic N) is 1. The minimum absolute atomic E-state index is 0.0868. The second-order valence-corrected chi connectivity index (χ2v) is 12.1. The normalized spacial score (nSPS) is 21.5. The molecule has 7 nitrogen and oxygen atoms in total. The first-order valence-electron chi connectivity index (χ1n) is 14.4. The molecule has 1 amide bonds. The number of hydrogen-bond donors (Lipinski definition) is 1. The average Bonchev–Trinajstić information content (AvgIpc) is 3.27. The van der Waals surface area contributed by atoms with Crippen LogP contribution in [-0.2, 0) is 25.6 Å². The molecule has 0 radical (unpaired) electrons. The molecule has 5 rings (SSSR count). The van der Waals surface area contributed by atoms with Gasteiger partial charge in [-0.05, 0) is 66.8 Å². The summed E-state index contributed by atoms with van der Waals surface area (Å²) in [7, 11) is 1.32. The Kier molecular flexibility index (Phi) is 9.08. The number of hydrogen-bond acceptors (Lipinski definition) is 6. The highest BCUT2D eigenvalue weighted by Gasteiger charge is 2.58. The molecule has 11 heteroatoms. The van der Waals surface area contributed by atoms with Crippen molar-refractivity contribution in [1.82, 2.24) is 4.90 Å². The van der Waals surface area contributed by atoms with E-state index in [1.54, 1.807) is 55.5 Å². The van der Waals surface area contributed by atoms with Gasteiger partial charge in [0.15, 0.2) is 5.72 Å². The largest absolute Gasteiger partial charge is 0.550 e. The molecule has 1 N–H and O–H groups in total.